The van der Waals surface area contributed by atoms with E-state index in [1.54, 1.807) is 0 Å². The maximum absolute atomic E-state index is 7.12. The van der Waals surface area contributed by atoms with Gasteiger partial charge in [0.25, 0.3) is 0 Å². The quantitative estimate of drug-likeness (QED) is 0.171. The second-order valence-electron chi connectivity index (χ2n) is 13.9. The van der Waals surface area contributed by atoms with Gasteiger partial charge in [-0.2, -0.15) is 0 Å². The number of rotatable bonds is 6. The van der Waals surface area contributed by atoms with Gasteiger partial charge in [0.1, 0.15) is 22.3 Å². The molecule has 0 amide bonds. The zero-order chi connectivity index (χ0) is 37.0. The van der Waals surface area contributed by atoms with Gasteiger partial charge in [-0.1, -0.05) is 152 Å². The fourth-order valence-electron chi connectivity index (χ4n) is 7.94. The van der Waals surface area contributed by atoms with Gasteiger partial charge in [0.2, 0.25) is 0 Å². The number of hydrogen-bond acceptors (Lipinski definition) is 5. The number of furan rings is 2. The van der Waals surface area contributed by atoms with Crippen molar-refractivity contribution in [3.05, 3.63) is 188 Å². The average Bonchev–Trinajstić information content (AvgIpc) is 3.86. The molecule has 0 saturated carbocycles. The molecule has 0 unspecified atom stereocenters. The third-order valence-corrected chi connectivity index (χ3v) is 10.5. The number of hydrogen-bond donors (Lipinski definition) is 0. The van der Waals surface area contributed by atoms with Gasteiger partial charge in [-0.3, -0.25) is 0 Å². The molecule has 11 rings (SSSR count). The van der Waals surface area contributed by atoms with Crippen LogP contribution in [0.1, 0.15) is 0 Å². The van der Waals surface area contributed by atoms with Crippen molar-refractivity contribution in [2.24, 2.45) is 0 Å². The summed E-state index contributed by atoms with van der Waals surface area (Å²) in [6.07, 6.45) is 0. The Morgan fingerprint density at radius 2 is 0.821 bits per heavy atom. The summed E-state index contributed by atoms with van der Waals surface area (Å²) in [7, 11) is 0. The minimum Gasteiger partial charge on any atom is -0.456 e. The predicted octanol–water partition coefficient (Wildman–Crippen LogP) is 13.7. The second kappa shape index (κ2) is 13.0. The fourth-order valence-corrected chi connectivity index (χ4v) is 7.94. The minimum absolute atomic E-state index is 0.553. The first kappa shape index (κ1) is 31.9. The van der Waals surface area contributed by atoms with Gasteiger partial charge in [0, 0.05) is 49.4 Å². The third-order valence-electron chi connectivity index (χ3n) is 10.5. The molecule has 0 bridgehead atoms. The predicted molar refractivity (Wildman–Crippen MR) is 227 cm³/mol. The molecule has 262 valence electrons. The monoisotopic (exact) mass is 717 g/mol. The van der Waals surface area contributed by atoms with Crippen molar-refractivity contribution in [2.75, 3.05) is 0 Å². The lowest BCUT2D eigenvalue weighted by Crippen LogP contribution is -2.01. The van der Waals surface area contributed by atoms with E-state index in [-0.39, 0.29) is 0 Å². The van der Waals surface area contributed by atoms with E-state index in [1.165, 1.54) is 0 Å². The van der Waals surface area contributed by atoms with Gasteiger partial charge in [-0.15, -0.1) is 0 Å². The summed E-state index contributed by atoms with van der Waals surface area (Å²) in [6.45, 7) is 0. The minimum atomic E-state index is 0.553. The molecule has 0 aliphatic heterocycles. The summed E-state index contributed by atoms with van der Waals surface area (Å²) in [6, 6.07) is 64.4. The van der Waals surface area contributed by atoms with Crippen LogP contribution in [0, 0.1) is 0 Å². The zero-order valence-corrected chi connectivity index (χ0v) is 30.1. The summed E-state index contributed by atoms with van der Waals surface area (Å²) in [4.78, 5) is 15.7. The van der Waals surface area contributed by atoms with Crippen LogP contribution in [-0.2, 0) is 0 Å². The molecule has 5 nitrogen and oxygen atoms in total. The summed E-state index contributed by atoms with van der Waals surface area (Å²) in [5.41, 5.74) is 12.2. The van der Waals surface area contributed by atoms with Crippen LogP contribution in [0.2, 0.25) is 0 Å². The van der Waals surface area contributed by atoms with Crippen LogP contribution in [0.4, 0.5) is 0 Å². The van der Waals surface area contributed by atoms with Crippen molar-refractivity contribution in [1.82, 2.24) is 15.0 Å². The highest BCUT2D eigenvalue weighted by molar-refractivity contribution is 6.19. The van der Waals surface area contributed by atoms with Gasteiger partial charge in [0.05, 0.1) is 0 Å². The number of para-hydroxylation sites is 1. The maximum Gasteiger partial charge on any atom is 0.164 e. The molecule has 0 spiro atoms. The molecule has 5 heteroatoms. The van der Waals surface area contributed by atoms with Gasteiger partial charge in [0.15, 0.2) is 17.5 Å². The van der Waals surface area contributed by atoms with Gasteiger partial charge in [-0.05, 0) is 58.7 Å². The first-order valence-electron chi connectivity index (χ1n) is 18.7. The van der Waals surface area contributed by atoms with E-state index < -0.39 is 0 Å². The highest BCUT2D eigenvalue weighted by Crippen LogP contribution is 2.46. The molecular formula is C51H31N3O2. The molecule has 0 saturated heterocycles. The largest absolute Gasteiger partial charge is 0.456 e. The molecule has 11 aromatic rings. The van der Waals surface area contributed by atoms with Gasteiger partial charge >= 0.3 is 0 Å². The van der Waals surface area contributed by atoms with Crippen LogP contribution in [0.15, 0.2) is 197 Å². The van der Waals surface area contributed by atoms with E-state index in [0.29, 0.717) is 17.5 Å². The molecule has 8 aromatic carbocycles. The second-order valence-corrected chi connectivity index (χ2v) is 13.9. The highest BCUT2D eigenvalue weighted by Gasteiger charge is 2.24. The van der Waals surface area contributed by atoms with Crippen LogP contribution < -0.4 is 0 Å². The summed E-state index contributed by atoms with van der Waals surface area (Å²) < 4.78 is 13.4. The topological polar surface area (TPSA) is 65.0 Å². The average molecular weight is 718 g/mol. The number of fused-ring (bicyclic) bond motifs is 6. The first-order chi connectivity index (χ1) is 27.8. The Bertz CT molecular complexity index is 3230. The van der Waals surface area contributed by atoms with E-state index in [2.05, 4.69) is 109 Å². The molecule has 0 aliphatic carbocycles. The van der Waals surface area contributed by atoms with Crippen molar-refractivity contribution < 1.29 is 8.83 Å². The van der Waals surface area contributed by atoms with Crippen LogP contribution in [-0.4, -0.2) is 15.0 Å². The first-order valence-corrected chi connectivity index (χ1v) is 18.7. The van der Waals surface area contributed by atoms with E-state index in [0.717, 1.165) is 93.9 Å². The van der Waals surface area contributed by atoms with Gasteiger partial charge in [-0.25, -0.2) is 15.0 Å². The molecule has 0 aliphatic rings. The van der Waals surface area contributed by atoms with E-state index in [9.17, 15) is 0 Å². The molecule has 0 radical (unpaired) electrons. The van der Waals surface area contributed by atoms with E-state index in [1.807, 2.05) is 78.9 Å². The molecular weight excluding hydrogens is 687 g/mol. The molecule has 0 N–H and O–H groups in total. The lowest BCUT2D eigenvalue weighted by Gasteiger charge is -2.11. The van der Waals surface area contributed by atoms with Crippen LogP contribution in [0.3, 0.4) is 0 Å². The molecule has 0 fully saturated rings. The number of aromatic nitrogens is 3. The maximum atomic E-state index is 7.12. The molecule has 0 atom stereocenters. The standard InChI is InChI=1S/C51H31N3O2/c1-5-16-32(17-6-1)36-30-41(34-20-9-3-10-21-34)47-42(31-36)46-40(29-28-37(48(46)56-47)33-18-7-2-8-19-33)51-53-49(35-22-11-4-12-23-35)52-50(54-51)39-25-15-27-44-45(39)38-24-13-14-26-43(38)55-44/h1-31H. The Hall–Kier alpha value is -7.63. The summed E-state index contributed by atoms with van der Waals surface area (Å²) in [5, 5.41) is 3.91. The molecule has 3 heterocycles. The fraction of sp³-hybridized carbons (Fsp3) is 0. The Morgan fingerprint density at radius 3 is 1.52 bits per heavy atom. The lowest BCUT2D eigenvalue weighted by molar-refractivity contribution is 0.669. The lowest BCUT2D eigenvalue weighted by atomic mass is 9.93. The van der Waals surface area contributed by atoms with Crippen LogP contribution in [0.5, 0.6) is 0 Å². The van der Waals surface area contributed by atoms with E-state index in [4.69, 9.17) is 23.8 Å². The Morgan fingerprint density at radius 1 is 0.286 bits per heavy atom. The summed E-state index contributed by atoms with van der Waals surface area (Å²) >= 11 is 0. The smallest absolute Gasteiger partial charge is 0.164 e. The number of benzene rings is 8. The van der Waals surface area contributed by atoms with Crippen molar-refractivity contribution in [3.63, 3.8) is 0 Å². The summed E-state index contributed by atoms with van der Waals surface area (Å²) in [5.74, 6) is 1.70. The zero-order valence-electron chi connectivity index (χ0n) is 30.1. The van der Waals surface area contributed by atoms with Gasteiger partial charge < -0.3 is 8.83 Å². The van der Waals surface area contributed by atoms with Crippen molar-refractivity contribution in [2.45, 2.75) is 0 Å². The number of nitrogens with zero attached hydrogens (tertiary/aromatic N) is 3. The van der Waals surface area contributed by atoms with Crippen molar-refractivity contribution in [3.8, 4) is 67.5 Å². The molecule has 56 heavy (non-hydrogen) atoms. The van der Waals surface area contributed by atoms with E-state index >= 15 is 0 Å². The third kappa shape index (κ3) is 5.29. The van der Waals surface area contributed by atoms with Crippen LogP contribution in [0.25, 0.3) is 111 Å². The molecule has 3 aromatic heterocycles. The van der Waals surface area contributed by atoms with Crippen molar-refractivity contribution in [1.29, 1.82) is 0 Å². The Balaban J connectivity index is 1.26. The SMILES string of the molecule is c1ccc(-c2cc(-c3ccccc3)c3oc4c(-c5ccccc5)ccc(-c5nc(-c6ccccc6)nc(-c6cccc7oc8ccccc8c67)n5)c4c3c2)cc1. The van der Waals surface area contributed by atoms with Crippen LogP contribution >= 0.6 is 0 Å². The Labute approximate surface area is 322 Å². The van der Waals surface area contributed by atoms with Crippen molar-refractivity contribution >= 4 is 43.9 Å². The highest BCUT2D eigenvalue weighted by atomic mass is 16.3. The normalized spacial score (nSPS) is 11.6. The Kier molecular flexibility index (Phi) is 7.42.